The molecule has 0 fully saturated rings. The van der Waals surface area contributed by atoms with E-state index in [0.29, 0.717) is 23.5 Å². The minimum Gasteiger partial charge on any atom is -0.493 e. The van der Waals surface area contributed by atoms with Gasteiger partial charge in [0, 0.05) is 34.6 Å². The minimum atomic E-state index is -0.0969. The Morgan fingerprint density at radius 1 is 1.00 bits per heavy atom. The summed E-state index contributed by atoms with van der Waals surface area (Å²) < 4.78 is 10.8. The van der Waals surface area contributed by atoms with E-state index in [2.05, 4.69) is 16.0 Å². The molecule has 0 bridgehead atoms. The first-order chi connectivity index (χ1) is 13.1. The molecule has 0 saturated heterocycles. The summed E-state index contributed by atoms with van der Waals surface area (Å²) in [4.78, 5) is 20.2. The van der Waals surface area contributed by atoms with Crippen LogP contribution in [0.2, 0.25) is 0 Å². The molecule has 0 unspecified atom stereocenters. The molecule has 2 heterocycles. The summed E-state index contributed by atoms with van der Waals surface area (Å²) in [6.45, 7) is 1.89. The predicted octanol–water partition coefficient (Wildman–Crippen LogP) is 4.63. The van der Waals surface area contributed by atoms with Crippen molar-refractivity contribution < 1.29 is 9.47 Å². The zero-order valence-corrected chi connectivity index (χ0v) is 15.5. The molecule has 0 aliphatic carbocycles. The van der Waals surface area contributed by atoms with Crippen LogP contribution in [-0.2, 0) is 6.42 Å². The quantitative estimate of drug-likeness (QED) is 0.564. The number of methoxy groups -OCH3 is 2. The van der Waals surface area contributed by atoms with Gasteiger partial charge in [0.25, 0.3) is 5.56 Å². The number of aryl methyl sites for hydroxylation is 1. The highest BCUT2D eigenvalue weighted by Crippen LogP contribution is 2.34. The number of pyridine rings is 2. The van der Waals surface area contributed by atoms with Gasteiger partial charge in [-0.15, -0.1) is 0 Å². The zero-order valence-electron chi connectivity index (χ0n) is 15.5. The van der Waals surface area contributed by atoms with E-state index in [4.69, 9.17) is 9.47 Å². The fourth-order valence-corrected chi connectivity index (χ4v) is 3.47. The number of H-pyrrole nitrogens is 1. The summed E-state index contributed by atoms with van der Waals surface area (Å²) in [7, 11) is 3.20. The number of nitrogens with zero attached hydrogens (tertiary/aromatic N) is 1. The van der Waals surface area contributed by atoms with Crippen LogP contribution in [0.4, 0.5) is 0 Å². The van der Waals surface area contributed by atoms with Gasteiger partial charge in [-0.05, 0) is 42.1 Å². The van der Waals surface area contributed by atoms with Crippen molar-refractivity contribution >= 4 is 21.7 Å². The molecule has 144 valence electrons. The molecule has 4 rings (SSSR count). The molecule has 0 saturated carbocycles. The second kappa shape index (κ2) is 7.72. The maximum atomic E-state index is 12.7. The number of rotatable bonds is 4. The summed E-state index contributed by atoms with van der Waals surface area (Å²) in [5.74, 6) is 1.24. The van der Waals surface area contributed by atoms with E-state index >= 15 is 0 Å². The van der Waals surface area contributed by atoms with Crippen molar-refractivity contribution in [2.45, 2.75) is 20.8 Å². The number of para-hydroxylation sites is 1. The lowest BCUT2D eigenvalue weighted by atomic mass is 9.98. The van der Waals surface area contributed by atoms with Crippen LogP contribution in [0.25, 0.3) is 21.7 Å². The third-order valence-electron chi connectivity index (χ3n) is 4.86. The van der Waals surface area contributed by atoms with Crippen LogP contribution < -0.4 is 15.0 Å². The van der Waals surface area contributed by atoms with Crippen molar-refractivity contribution in [3.63, 3.8) is 0 Å². The molecule has 0 radical (unpaired) electrons. The van der Waals surface area contributed by atoms with Gasteiger partial charge in [-0.1, -0.05) is 25.6 Å². The highest BCUT2D eigenvalue weighted by Gasteiger charge is 2.15. The standard InChI is InChI=1S/C22H20N2O3.CH4/c1-13-16-10-20(26-2)21(27-3)11-17(16)18(22(25)24-13)9-14-8-15-6-4-5-7-19(15)23-12-14;/h4-8,10-12H,9H2,1-3H3,(H,24,25);1H4. The zero-order chi connectivity index (χ0) is 19.0. The second-order valence-corrected chi connectivity index (χ2v) is 6.52. The van der Waals surface area contributed by atoms with E-state index in [1.54, 1.807) is 14.2 Å². The molecule has 1 N–H and O–H groups in total. The maximum Gasteiger partial charge on any atom is 0.252 e. The van der Waals surface area contributed by atoms with Gasteiger partial charge in [0.1, 0.15) is 0 Å². The summed E-state index contributed by atoms with van der Waals surface area (Å²) in [5, 5.41) is 2.86. The van der Waals surface area contributed by atoms with Crippen LogP contribution in [0.3, 0.4) is 0 Å². The molecule has 0 spiro atoms. The normalized spacial score (nSPS) is 10.7. The van der Waals surface area contributed by atoms with Crippen molar-refractivity contribution in [3.05, 3.63) is 75.8 Å². The van der Waals surface area contributed by atoms with Crippen LogP contribution in [0, 0.1) is 6.92 Å². The Labute approximate surface area is 164 Å². The van der Waals surface area contributed by atoms with Crippen molar-refractivity contribution in [2.24, 2.45) is 0 Å². The Morgan fingerprint density at radius 2 is 1.68 bits per heavy atom. The lowest BCUT2D eigenvalue weighted by molar-refractivity contribution is 0.356. The highest BCUT2D eigenvalue weighted by molar-refractivity contribution is 5.90. The first-order valence-corrected chi connectivity index (χ1v) is 8.72. The summed E-state index contributed by atoms with van der Waals surface area (Å²) in [6.07, 6.45) is 2.31. The van der Waals surface area contributed by atoms with Crippen molar-refractivity contribution in [1.82, 2.24) is 9.97 Å². The van der Waals surface area contributed by atoms with E-state index in [-0.39, 0.29) is 13.0 Å². The van der Waals surface area contributed by atoms with Crippen LogP contribution in [0.15, 0.2) is 53.5 Å². The molecular formula is C23H24N2O3. The number of hydrogen-bond acceptors (Lipinski definition) is 4. The number of aromatic amines is 1. The molecular weight excluding hydrogens is 352 g/mol. The van der Waals surface area contributed by atoms with Gasteiger partial charge in [-0.2, -0.15) is 0 Å². The lowest BCUT2D eigenvalue weighted by Crippen LogP contribution is -2.15. The lowest BCUT2D eigenvalue weighted by Gasteiger charge is -2.13. The number of fused-ring (bicyclic) bond motifs is 2. The molecule has 0 amide bonds. The number of benzene rings is 2. The third kappa shape index (κ3) is 3.31. The fourth-order valence-electron chi connectivity index (χ4n) is 3.47. The predicted molar refractivity (Wildman–Crippen MR) is 114 cm³/mol. The largest absolute Gasteiger partial charge is 0.493 e. The Bertz CT molecular complexity index is 1210. The van der Waals surface area contributed by atoms with Gasteiger partial charge in [-0.25, -0.2) is 0 Å². The molecule has 0 aliphatic heterocycles. The van der Waals surface area contributed by atoms with E-state index < -0.39 is 0 Å². The number of nitrogens with one attached hydrogen (secondary N) is 1. The third-order valence-corrected chi connectivity index (χ3v) is 4.86. The molecule has 2 aromatic heterocycles. The first kappa shape index (κ1) is 19.4. The fraction of sp³-hybridized carbons (Fsp3) is 0.217. The van der Waals surface area contributed by atoms with Crippen LogP contribution in [-0.4, -0.2) is 24.2 Å². The average molecular weight is 376 g/mol. The summed E-state index contributed by atoms with van der Waals surface area (Å²) in [5.41, 5.74) is 3.32. The Hall–Kier alpha value is -3.34. The van der Waals surface area contributed by atoms with Gasteiger partial charge in [0.05, 0.1) is 19.7 Å². The van der Waals surface area contributed by atoms with Crippen molar-refractivity contribution in [2.75, 3.05) is 14.2 Å². The number of aromatic nitrogens is 2. The van der Waals surface area contributed by atoms with Crippen LogP contribution in [0.1, 0.15) is 24.2 Å². The number of ether oxygens (including phenoxy) is 2. The van der Waals surface area contributed by atoms with Gasteiger partial charge < -0.3 is 14.5 Å². The summed E-state index contributed by atoms with van der Waals surface area (Å²) >= 11 is 0. The Kier molecular flexibility index (Phi) is 5.36. The Morgan fingerprint density at radius 3 is 2.39 bits per heavy atom. The summed E-state index contributed by atoms with van der Waals surface area (Å²) in [6, 6.07) is 13.8. The molecule has 4 aromatic rings. The van der Waals surface area contributed by atoms with E-state index in [1.165, 1.54) is 0 Å². The van der Waals surface area contributed by atoms with E-state index in [9.17, 15) is 4.79 Å². The van der Waals surface area contributed by atoms with Gasteiger partial charge in [-0.3, -0.25) is 9.78 Å². The average Bonchev–Trinajstić information content (AvgIpc) is 2.70. The first-order valence-electron chi connectivity index (χ1n) is 8.72. The molecule has 5 heteroatoms. The molecule has 0 aliphatic rings. The monoisotopic (exact) mass is 376 g/mol. The maximum absolute atomic E-state index is 12.7. The molecule has 2 aromatic carbocycles. The SMILES string of the molecule is C.COc1cc2c(C)[nH]c(=O)c(Cc3cnc4ccccc4c3)c2cc1OC. The van der Waals surface area contributed by atoms with Crippen LogP contribution in [0.5, 0.6) is 11.5 Å². The topological polar surface area (TPSA) is 64.2 Å². The van der Waals surface area contributed by atoms with Crippen LogP contribution >= 0.6 is 0 Å². The van der Waals surface area contributed by atoms with Crippen molar-refractivity contribution in [3.8, 4) is 11.5 Å². The van der Waals surface area contributed by atoms with E-state index in [0.717, 1.165) is 32.9 Å². The second-order valence-electron chi connectivity index (χ2n) is 6.52. The Balaban J connectivity index is 0.00000225. The minimum absolute atomic E-state index is 0. The highest BCUT2D eigenvalue weighted by atomic mass is 16.5. The molecule has 0 atom stereocenters. The number of hydrogen-bond donors (Lipinski definition) is 1. The molecule has 28 heavy (non-hydrogen) atoms. The van der Waals surface area contributed by atoms with Gasteiger partial charge in [0.2, 0.25) is 0 Å². The van der Waals surface area contributed by atoms with Gasteiger partial charge in [0.15, 0.2) is 11.5 Å². The van der Waals surface area contributed by atoms with Crippen molar-refractivity contribution in [1.29, 1.82) is 0 Å². The smallest absolute Gasteiger partial charge is 0.252 e. The molecule has 5 nitrogen and oxygen atoms in total. The van der Waals surface area contributed by atoms with E-state index in [1.807, 2.05) is 49.5 Å². The van der Waals surface area contributed by atoms with Gasteiger partial charge >= 0.3 is 0 Å².